The molecule has 2 fully saturated rings. The van der Waals surface area contributed by atoms with Gasteiger partial charge in [-0.1, -0.05) is 25.7 Å². The van der Waals surface area contributed by atoms with Crippen LogP contribution in [0.25, 0.3) is 0 Å². The molecule has 288 valence electrons. The average molecular weight is 723 g/mol. The first-order valence-corrected chi connectivity index (χ1v) is 18.6. The van der Waals surface area contributed by atoms with E-state index in [1.807, 2.05) is 0 Å². The number of hydrogen-bond donors (Lipinski definition) is 3. The number of likely N-dealkylation sites (tertiary alicyclic amines) is 1. The van der Waals surface area contributed by atoms with Crippen LogP contribution < -0.4 is 20.7 Å². The minimum absolute atomic E-state index is 0.185. The maximum Gasteiger partial charge on any atom is 0.233 e. The monoisotopic (exact) mass is 722 g/mol. The summed E-state index contributed by atoms with van der Waals surface area (Å²) in [5.74, 6) is 1.14. The number of quaternary nitrogens is 1. The summed E-state index contributed by atoms with van der Waals surface area (Å²) < 4.78 is 53.2. The number of benzene rings is 1. The SMILES string of the molecule is COCCOCCOCCOCCOCCOCC[N+]1(C)CCC(Nc2nc(Nc3ccc(OC)c(F)c3)nc(NC3CCCCCC3)n2)CC1. The molecule has 1 aliphatic heterocycles. The topological polar surface area (TPSA) is 139 Å². The van der Waals surface area contributed by atoms with Gasteiger partial charge in [0.2, 0.25) is 17.8 Å². The third-order valence-electron chi connectivity index (χ3n) is 9.30. The number of methoxy groups -OCH3 is 2. The van der Waals surface area contributed by atoms with E-state index in [2.05, 4.69) is 33.0 Å². The van der Waals surface area contributed by atoms with Gasteiger partial charge in [-0.15, -0.1) is 0 Å². The lowest BCUT2D eigenvalue weighted by atomic mass is 10.0. The van der Waals surface area contributed by atoms with E-state index in [9.17, 15) is 4.39 Å². The molecule has 0 unspecified atom stereocenters. The van der Waals surface area contributed by atoms with Crippen LogP contribution >= 0.6 is 0 Å². The second kappa shape index (κ2) is 23.6. The maximum atomic E-state index is 14.4. The number of likely N-dealkylation sites (N-methyl/N-ethyl adjacent to an activating group) is 1. The van der Waals surface area contributed by atoms with Gasteiger partial charge in [-0.25, -0.2) is 4.39 Å². The molecule has 0 bridgehead atoms. The van der Waals surface area contributed by atoms with Gasteiger partial charge in [-0.05, 0) is 25.0 Å². The van der Waals surface area contributed by atoms with Crippen molar-refractivity contribution >= 4 is 23.5 Å². The van der Waals surface area contributed by atoms with E-state index in [0.29, 0.717) is 102 Å². The van der Waals surface area contributed by atoms with Crippen LogP contribution in [0.15, 0.2) is 18.2 Å². The molecule has 3 N–H and O–H groups in total. The summed E-state index contributed by atoms with van der Waals surface area (Å²) in [5.41, 5.74) is 0.535. The molecule has 0 radical (unpaired) electrons. The Balaban J connectivity index is 1.13. The normalized spacial score (nSPS) is 19.8. The van der Waals surface area contributed by atoms with Gasteiger partial charge in [0.25, 0.3) is 0 Å². The van der Waals surface area contributed by atoms with E-state index in [1.165, 1.54) is 38.9 Å². The van der Waals surface area contributed by atoms with Crippen molar-refractivity contribution in [2.75, 3.05) is 130 Å². The zero-order chi connectivity index (χ0) is 36.0. The molecule has 0 amide bonds. The van der Waals surface area contributed by atoms with Crippen molar-refractivity contribution < 1.29 is 42.0 Å². The Hall–Kier alpha value is -2.92. The van der Waals surface area contributed by atoms with Gasteiger partial charge in [0, 0.05) is 43.8 Å². The second-order valence-electron chi connectivity index (χ2n) is 13.4. The summed E-state index contributed by atoms with van der Waals surface area (Å²) in [6.45, 7) is 9.18. The first-order chi connectivity index (χ1) is 25.0. The summed E-state index contributed by atoms with van der Waals surface area (Å²) in [6, 6.07) is 5.26. The number of nitrogens with one attached hydrogen (secondary N) is 3. The first-order valence-electron chi connectivity index (χ1n) is 18.6. The van der Waals surface area contributed by atoms with E-state index >= 15 is 0 Å². The lowest BCUT2D eigenvalue weighted by Crippen LogP contribution is -2.53. The number of ether oxygens (including phenoxy) is 7. The van der Waals surface area contributed by atoms with Crippen molar-refractivity contribution in [1.82, 2.24) is 15.0 Å². The van der Waals surface area contributed by atoms with Crippen LogP contribution in [0.1, 0.15) is 51.4 Å². The summed E-state index contributed by atoms with van der Waals surface area (Å²) in [6.07, 6.45) is 9.07. The van der Waals surface area contributed by atoms with E-state index in [0.717, 1.165) is 49.8 Å². The number of nitrogens with zero attached hydrogens (tertiary/aromatic N) is 4. The molecule has 1 saturated heterocycles. The van der Waals surface area contributed by atoms with Crippen LogP contribution in [-0.2, 0) is 28.4 Å². The molecule has 1 saturated carbocycles. The van der Waals surface area contributed by atoms with Gasteiger partial charge in [0.05, 0.1) is 99.9 Å². The van der Waals surface area contributed by atoms with Crippen LogP contribution in [0.3, 0.4) is 0 Å². The molecule has 1 aromatic carbocycles. The minimum atomic E-state index is -0.454. The molecule has 1 aromatic heterocycles. The summed E-state index contributed by atoms with van der Waals surface area (Å²) in [4.78, 5) is 14.1. The Morgan fingerprint density at radius 1 is 0.647 bits per heavy atom. The third kappa shape index (κ3) is 16.1. The van der Waals surface area contributed by atoms with Gasteiger partial charge in [-0.3, -0.25) is 0 Å². The Kier molecular flexibility index (Phi) is 18.9. The van der Waals surface area contributed by atoms with Crippen LogP contribution in [0, 0.1) is 5.82 Å². The molecule has 0 atom stereocenters. The molecule has 1 aliphatic carbocycles. The minimum Gasteiger partial charge on any atom is -0.494 e. The van der Waals surface area contributed by atoms with Gasteiger partial charge < -0.3 is 53.6 Å². The largest absolute Gasteiger partial charge is 0.494 e. The molecular formula is C36H61FN7O7+. The van der Waals surface area contributed by atoms with Crippen LogP contribution in [0.4, 0.5) is 27.9 Å². The molecular weight excluding hydrogens is 661 g/mol. The Bertz CT molecular complexity index is 1230. The Labute approximate surface area is 303 Å². The second-order valence-corrected chi connectivity index (χ2v) is 13.4. The first kappa shape index (κ1) is 40.8. The van der Waals surface area contributed by atoms with Crippen molar-refractivity contribution in [2.45, 2.75) is 63.5 Å². The molecule has 4 rings (SSSR count). The summed E-state index contributed by atoms with van der Waals surface area (Å²) in [7, 11) is 5.39. The highest BCUT2D eigenvalue weighted by Gasteiger charge is 2.30. The zero-order valence-corrected chi connectivity index (χ0v) is 31.0. The van der Waals surface area contributed by atoms with Gasteiger partial charge in [0.1, 0.15) is 6.54 Å². The van der Waals surface area contributed by atoms with Crippen molar-refractivity contribution in [3.05, 3.63) is 24.0 Å². The van der Waals surface area contributed by atoms with Crippen LogP contribution in [0.5, 0.6) is 5.75 Å². The number of aromatic nitrogens is 3. The van der Waals surface area contributed by atoms with Gasteiger partial charge in [0.15, 0.2) is 11.6 Å². The quantitative estimate of drug-likeness (QED) is 0.0746. The highest BCUT2D eigenvalue weighted by Crippen LogP contribution is 2.26. The summed E-state index contributed by atoms with van der Waals surface area (Å²) in [5, 5.41) is 10.3. The Morgan fingerprint density at radius 3 is 1.65 bits per heavy atom. The maximum absolute atomic E-state index is 14.4. The molecule has 2 aliphatic rings. The van der Waals surface area contributed by atoms with Gasteiger partial charge in [-0.2, -0.15) is 15.0 Å². The van der Waals surface area contributed by atoms with E-state index in [1.54, 1.807) is 19.2 Å². The van der Waals surface area contributed by atoms with E-state index in [4.69, 9.17) is 38.1 Å². The fourth-order valence-corrected chi connectivity index (χ4v) is 6.19. The molecule has 14 nitrogen and oxygen atoms in total. The molecule has 0 spiro atoms. The number of halogens is 1. The van der Waals surface area contributed by atoms with Gasteiger partial charge >= 0.3 is 0 Å². The molecule has 2 aromatic rings. The predicted octanol–water partition coefficient (Wildman–Crippen LogP) is 4.65. The van der Waals surface area contributed by atoms with Crippen LogP contribution in [0.2, 0.25) is 0 Å². The number of piperidine rings is 1. The van der Waals surface area contributed by atoms with Crippen molar-refractivity contribution in [3.8, 4) is 5.75 Å². The lowest BCUT2D eigenvalue weighted by Gasteiger charge is -2.40. The van der Waals surface area contributed by atoms with Crippen LogP contribution in [-0.4, -0.2) is 145 Å². The molecule has 51 heavy (non-hydrogen) atoms. The molecule has 2 heterocycles. The number of anilines is 4. The Morgan fingerprint density at radius 2 is 1.14 bits per heavy atom. The lowest BCUT2D eigenvalue weighted by molar-refractivity contribution is -0.914. The van der Waals surface area contributed by atoms with Crippen molar-refractivity contribution in [2.24, 2.45) is 0 Å². The van der Waals surface area contributed by atoms with E-state index in [-0.39, 0.29) is 11.8 Å². The summed E-state index contributed by atoms with van der Waals surface area (Å²) >= 11 is 0. The molecule has 15 heteroatoms. The smallest absolute Gasteiger partial charge is 0.233 e. The van der Waals surface area contributed by atoms with Crippen molar-refractivity contribution in [3.63, 3.8) is 0 Å². The average Bonchev–Trinajstić information content (AvgIpc) is 3.39. The fourth-order valence-electron chi connectivity index (χ4n) is 6.19. The predicted molar refractivity (Wildman–Crippen MR) is 195 cm³/mol. The number of rotatable bonds is 25. The fraction of sp³-hybridized carbons (Fsp3) is 0.750. The van der Waals surface area contributed by atoms with E-state index < -0.39 is 5.82 Å². The zero-order valence-electron chi connectivity index (χ0n) is 31.0. The number of hydrogen-bond acceptors (Lipinski definition) is 13. The third-order valence-corrected chi connectivity index (χ3v) is 9.30. The standard InChI is InChI=1S/C36H61FN7O7/c1-44(16-17-47-20-21-49-24-25-51-27-26-50-23-22-48-19-18-45-2)14-12-30(13-15-44)39-35-41-34(38-29-8-6-4-5-7-9-29)42-36(43-35)40-31-10-11-33(46-3)32(37)28-31/h10-11,28-30H,4-9,12-27H2,1-3H3,(H3,38,39,40,41,42,43)/q+1. The highest BCUT2D eigenvalue weighted by atomic mass is 19.1. The van der Waals surface area contributed by atoms with Crippen molar-refractivity contribution in [1.29, 1.82) is 0 Å². The highest BCUT2D eigenvalue weighted by molar-refractivity contribution is 5.57.